The van der Waals surface area contributed by atoms with Gasteiger partial charge in [-0.15, -0.1) is 0 Å². The van der Waals surface area contributed by atoms with E-state index in [1.807, 2.05) is 0 Å². The molecule has 9 heteroatoms. The molecule has 1 aromatic carbocycles. The molecule has 5 rings (SSSR count). The number of fused-ring (bicyclic) bond motifs is 1. The van der Waals surface area contributed by atoms with Gasteiger partial charge in [0.25, 0.3) is 0 Å². The number of carbonyl (C=O) groups is 1. The molecule has 2 saturated carbocycles. The highest BCUT2D eigenvalue weighted by molar-refractivity contribution is 5.81. The Bertz CT molecular complexity index is 1010. The van der Waals surface area contributed by atoms with Crippen LogP contribution in [0.2, 0.25) is 0 Å². The lowest BCUT2D eigenvalue weighted by atomic mass is 9.87. The number of halogens is 3. The van der Waals surface area contributed by atoms with Crippen LogP contribution < -0.4 is 5.32 Å². The number of nitrogens with zero attached hydrogens (tertiary/aromatic N) is 2. The number of hydrogen-bond donors (Lipinski definition) is 1. The molecule has 1 saturated heterocycles. The van der Waals surface area contributed by atoms with Crippen LogP contribution in [-0.4, -0.2) is 47.9 Å². The lowest BCUT2D eigenvalue weighted by Crippen LogP contribution is -2.38. The predicted octanol–water partition coefficient (Wildman–Crippen LogP) is 5.72. The number of nitrogens with one attached hydrogen (secondary N) is 1. The maximum Gasteiger partial charge on any atom is 0.416 e. The minimum Gasteiger partial charge on any atom is -0.446 e. The van der Waals surface area contributed by atoms with Crippen LogP contribution in [0.15, 0.2) is 22.7 Å². The van der Waals surface area contributed by atoms with E-state index in [9.17, 15) is 18.0 Å². The average molecular weight is 480 g/mol. The van der Waals surface area contributed by atoms with Gasteiger partial charge in [0.2, 0.25) is 0 Å². The van der Waals surface area contributed by atoms with Crippen LogP contribution in [0.1, 0.15) is 69.0 Å². The van der Waals surface area contributed by atoms with E-state index in [1.54, 1.807) is 0 Å². The van der Waals surface area contributed by atoms with E-state index < -0.39 is 11.7 Å². The highest BCUT2D eigenvalue weighted by Crippen LogP contribution is 2.39. The standard InChI is InChI=1S/C25H32F3N3O3/c1-15-2-5-19(6-3-15)29-24(32)33-22-12-17(22)14-31-10-8-16(9-11-31)23-20-13-18(25(26,27)28)4-7-21(20)34-30-23/h4,7,13,15-17,19,22H,2-3,5-6,8-12,14H2,1H3,(H,29,32)/t15-,17-,19-,22-/m1/s1. The van der Waals surface area contributed by atoms with Gasteiger partial charge in [-0.05, 0) is 82.2 Å². The Morgan fingerprint density at radius 3 is 2.62 bits per heavy atom. The summed E-state index contributed by atoms with van der Waals surface area (Å²) in [4.78, 5) is 14.6. The van der Waals surface area contributed by atoms with Gasteiger partial charge in [0, 0.05) is 29.8 Å². The third-order valence-corrected chi connectivity index (χ3v) is 7.75. The summed E-state index contributed by atoms with van der Waals surface area (Å²) in [6.45, 7) is 4.81. The van der Waals surface area contributed by atoms with Gasteiger partial charge in [0.15, 0.2) is 5.58 Å². The fourth-order valence-electron chi connectivity index (χ4n) is 5.45. The second kappa shape index (κ2) is 9.40. The highest BCUT2D eigenvalue weighted by Gasteiger charge is 2.42. The second-order valence-corrected chi connectivity index (χ2v) is 10.4. The molecule has 3 aliphatic rings. The molecule has 34 heavy (non-hydrogen) atoms. The number of carbonyl (C=O) groups excluding carboxylic acids is 1. The molecule has 1 N–H and O–H groups in total. The molecule has 2 aromatic rings. The van der Waals surface area contributed by atoms with Crippen molar-refractivity contribution in [2.75, 3.05) is 19.6 Å². The average Bonchev–Trinajstić information content (AvgIpc) is 3.37. The third kappa shape index (κ3) is 5.34. The van der Waals surface area contributed by atoms with Gasteiger partial charge >= 0.3 is 12.3 Å². The van der Waals surface area contributed by atoms with E-state index in [-0.39, 0.29) is 24.2 Å². The van der Waals surface area contributed by atoms with Crippen molar-refractivity contribution in [1.82, 2.24) is 15.4 Å². The number of alkyl halides is 3. The number of ether oxygens (including phenoxy) is 1. The molecule has 0 spiro atoms. The molecule has 186 valence electrons. The van der Waals surface area contributed by atoms with Crippen LogP contribution in [-0.2, 0) is 10.9 Å². The summed E-state index contributed by atoms with van der Waals surface area (Å²) in [6, 6.07) is 3.77. The van der Waals surface area contributed by atoms with E-state index in [1.165, 1.54) is 6.07 Å². The van der Waals surface area contributed by atoms with Gasteiger partial charge < -0.3 is 19.5 Å². The maximum absolute atomic E-state index is 13.1. The molecule has 2 heterocycles. The second-order valence-electron chi connectivity index (χ2n) is 10.4. The van der Waals surface area contributed by atoms with Crippen LogP contribution in [0, 0.1) is 11.8 Å². The lowest BCUT2D eigenvalue weighted by molar-refractivity contribution is -0.137. The molecule has 1 amide bonds. The van der Waals surface area contributed by atoms with E-state index in [2.05, 4.69) is 22.3 Å². The molecule has 0 unspecified atom stereocenters. The van der Waals surface area contributed by atoms with Gasteiger partial charge in [-0.25, -0.2) is 4.79 Å². The van der Waals surface area contributed by atoms with E-state index >= 15 is 0 Å². The van der Waals surface area contributed by atoms with Crippen LogP contribution in [0.5, 0.6) is 0 Å². The molecule has 0 radical (unpaired) electrons. The number of piperidine rings is 1. The number of rotatable bonds is 5. The first-order chi connectivity index (χ1) is 16.3. The van der Waals surface area contributed by atoms with E-state index in [4.69, 9.17) is 9.26 Å². The normalized spacial score (nSPS) is 28.7. The topological polar surface area (TPSA) is 67.6 Å². The molecule has 0 bridgehead atoms. The van der Waals surface area contributed by atoms with Crippen LogP contribution >= 0.6 is 0 Å². The first kappa shape index (κ1) is 23.5. The Balaban J connectivity index is 1.08. The molecule has 3 fully saturated rings. The molecule has 1 aliphatic heterocycles. The first-order valence-corrected chi connectivity index (χ1v) is 12.4. The van der Waals surface area contributed by atoms with Crippen LogP contribution in [0.25, 0.3) is 11.0 Å². The monoisotopic (exact) mass is 479 g/mol. The van der Waals surface area contributed by atoms with Crippen molar-refractivity contribution in [3.05, 3.63) is 29.5 Å². The number of likely N-dealkylation sites (tertiary alicyclic amines) is 1. The van der Waals surface area contributed by atoms with Crippen molar-refractivity contribution < 1.29 is 27.2 Å². The van der Waals surface area contributed by atoms with Crippen molar-refractivity contribution in [2.24, 2.45) is 11.8 Å². The van der Waals surface area contributed by atoms with Gasteiger partial charge in [-0.3, -0.25) is 0 Å². The zero-order chi connectivity index (χ0) is 23.9. The quantitative estimate of drug-likeness (QED) is 0.594. The first-order valence-electron chi connectivity index (χ1n) is 12.4. The van der Waals surface area contributed by atoms with Crippen molar-refractivity contribution in [1.29, 1.82) is 0 Å². The summed E-state index contributed by atoms with van der Waals surface area (Å²) in [6.07, 6.45) is 2.19. The SMILES string of the molecule is C[C@H]1CC[C@H](NC(=O)O[C@@H]2C[C@@H]2CN2CCC(c3noc4ccc(C(F)(F)F)cc34)CC2)CC1. The minimum atomic E-state index is -4.39. The largest absolute Gasteiger partial charge is 0.446 e. The predicted molar refractivity (Wildman–Crippen MR) is 120 cm³/mol. The summed E-state index contributed by atoms with van der Waals surface area (Å²) in [5.41, 5.74) is 0.343. The Morgan fingerprint density at radius 2 is 1.91 bits per heavy atom. The van der Waals surface area contributed by atoms with Crippen LogP contribution in [0.3, 0.4) is 0 Å². The Kier molecular flexibility index (Phi) is 6.48. The van der Waals surface area contributed by atoms with Gasteiger partial charge in [-0.2, -0.15) is 13.2 Å². The van der Waals surface area contributed by atoms with E-state index in [0.29, 0.717) is 22.6 Å². The van der Waals surface area contributed by atoms with Gasteiger partial charge in [-0.1, -0.05) is 12.1 Å². The summed E-state index contributed by atoms with van der Waals surface area (Å²) in [5, 5.41) is 7.60. The van der Waals surface area contributed by atoms with Crippen molar-refractivity contribution in [3.63, 3.8) is 0 Å². The highest BCUT2D eigenvalue weighted by atomic mass is 19.4. The minimum absolute atomic E-state index is 0.0134. The van der Waals surface area contributed by atoms with E-state index in [0.717, 1.165) is 82.6 Å². The van der Waals surface area contributed by atoms with Gasteiger partial charge in [0.1, 0.15) is 6.10 Å². The fraction of sp³-hybridized carbons (Fsp3) is 0.680. The molecule has 2 atom stereocenters. The number of benzene rings is 1. The van der Waals surface area contributed by atoms with Gasteiger partial charge in [0.05, 0.1) is 11.3 Å². The summed E-state index contributed by atoms with van der Waals surface area (Å²) >= 11 is 0. The number of hydrogen-bond acceptors (Lipinski definition) is 5. The lowest BCUT2D eigenvalue weighted by Gasteiger charge is -2.31. The van der Waals surface area contributed by atoms with Crippen molar-refractivity contribution in [2.45, 2.75) is 76.1 Å². The molecular formula is C25H32F3N3O3. The zero-order valence-electron chi connectivity index (χ0n) is 19.4. The number of amides is 1. The maximum atomic E-state index is 13.1. The smallest absolute Gasteiger partial charge is 0.416 e. The zero-order valence-corrected chi connectivity index (χ0v) is 19.4. The van der Waals surface area contributed by atoms with Crippen LogP contribution in [0.4, 0.5) is 18.0 Å². The number of alkyl carbamates (subject to hydrolysis) is 1. The summed E-state index contributed by atoms with van der Waals surface area (Å²) < 4.78 is 50.3. The molecule has 2 aliphatic carbocycles. The van der Waals surface area contributed by atoms with Crippen molar-refractivity contribution in [3.8, 4) is 0 Å². The third-order valence-electron chi connectivity index (χ3n) is 7.75. The molecule has 6 nitrogen and oxygen atoms in total. The summed E-state index contributed by atoms with van der Waals surface area (Å²) in [5.74, 6) is 1.18. The summed E-state index contributed by atoms with van der Waals surface area (Å²) in [7, 11) is 0. The van der Waals surface area contributed by atoms with Crippen molar-refractivity contribution >= 4 is 17.1 Å². The fourth-order valence-corrected chi connectivity index (χ4v) is 5.45. The number of aromatic nitrogens is 1. The Labute approximate surface area is 197 Å². The molecule has 1 aromatic heterocycles. The molecular weight excluding hydrogens is 447 g/mol. The Morgan fingerprint density at radius 1 is 1.18 bits per heavy atom. The Hall–Kier alpha value is -2.29.